The lowest BCUT2D eigenvalue weighted by atomic mass is 9.91. The van der Waals surface area contributed by atoms with Crippen LogP contribution in [0.4, 0.5) is 16.2 Å². The number of fused-ring (bicyclic) bond motifs is 1. The Hall–Kier alpha value is -3.68. The van der Waals surface area contributed by atoms with E-state index in [0.29, 0.717) is 16.9 Å². The van der Waals surface area contributed by atoms with Gasteiger partial charge in [-0.1, -0.05) is 49.7 Å². The van der Waals surface area contributed by atoms with E-state index in [0.717, 1.165) is 23.3 Å². The van der Waals surface area contributed by atoms with Gasteiger partial charge in [-0.25, -0.2) is 4.79 Å². The second kappa shape index (κ2) is 7.86. The molecule has 1 atom stereocenters. The summed E-state index contributed by atoms with van der Waals surface area (Å²) in [5, 5.41) is 5.43. The van der Waals surface area contributed by atoms with Crippen LogP contribution in [0.15, 0.2) is 48.5 Å². The van der Waals surface area contributed by atoms with Crippen LogP contribution in [0.5, 0.6) is 0 Å². The van der Waals surface area contributed by atoms with Crippen LogP contribution in [0, 0.1) is 0 Å². The molecule has 8 heteroatoms. The predicted octanol–water partition coefficient (Wildman–Crippen LogP) is 2.39. The highest BCUT2D eigenvalue weighted by atomic mass is 16.2. The number of carbonyl (C=O) groups is 4. The molecule has 5 amide bonds. The minimum atomic E-state index is -1.25. The highest BCUT2D eigenvalue weighted by molar-refractivity contribution is 6.14. The van der Waals surface area contributed by atoms with E-state index in [1.807, 2.05) is 24.3 Å². The molecule has 2 aliphatic heterocycles. The molecule has 1 saturated heterocycles. The summed E-state index contributed by atoms with van der Waals surface area (Å²) >= 11 is 0. The molecule has 0 bridgehead atoms. The van der Waals surface area contributed by atoms with E-state index in [1.165, 1.54) is 4.90 Å². The third kappa shape index (κ3) is 3.65. The van der Waals surface area contributed by atoms with Gasteiger partial charge in [0.05, 0.1) is 11.4 Å². The minimum Gasteiger partial charge on any atom is -0.323 e. The van der Waals surface area contributed by atoms with E-state index >= 15 is 0 Å². The van der Waals surface area contributed by atoms with Gasteiger partial charge < -0.3 is 10.6 Å². The van der Waals surface area contributed by atoms with Crippen molar-refractivity contribution in [2.24, 2.45) is 0 Å². The van der Waals surface area contributed by atoms with Crippen molar-refractivity contribution in [2.45, 2.75) is 32.2 Å². The first kappa shape index (κ1) is 20.6. The van der Waals surface area contributed by atoms with E-state index in [4.69, 9.17) is 0 Å². The van der Waals surface area contributed by atoms with Gasteiger partial charge in [0.15, 0.2) is 0 Å². The van der Waals surface area contributed by atoms with Crippen molar-refractivity contribution in [3.8, 4) is 0 Å². The maximum atomic E-state index is 13.2. The molecule has 2 heterocycles. The lowest BCUT2D eigenvalue weighted by molar-refractivity contribution is -0.134. The number of nitrogens with zero attached hydrogens (tertiary/aromatic N) is 2. The first-order chi connectivity index (χ1) is 14.8. The van der Waals surface area contributed by atoms with Gasteiger partial charge in [-0.05, 0) is 36.6 Å². The summed E-state index contributed by atoms with van der Waals surface area (Å²) in [6.45, 7) is 3.11. The third-order valence-electron chi connectivity index (χ3n) is 5.71. The van der Waals surface area contributed by atoms with Crippen molar-refractivity contribution >= 4 is 35.1 Å². The topological polar surface area (TPSA) is 98.8 Å². The zero-order valence-corrected chi connectivity index (χ0v) is 17.5. The van der Waals surface area contributed by atoms with Crippen molar-refractivity contribution in [3.05, 3.63) is 59.7 Å². The lowest BCUT2D eigenvalue weighted by Gasteiger charge is -2.30. The number of urea groups is 1. The zero-order chi connectivity index (χ0) is 22.2. The fraction of sp³-hybridized carbons (Fsp3) is 0.304. The monoisotopic (exact) mass is 420 g/mol. The number of aryl methyl sites for hydroxylation is 1. The number of benzene rings is 2. The van der Waals surface area contributed by atoms with Crippen molar-refractivity contribution < 1.29 is 19.2 Å². The van der Waals surface area contributed by atoms with E-state index < -0.39 is 29.9 Å². The molecule has 2 aromatic carbocycles. The number of anilines is 2. The molecular weight excluding hydrogens is 396 g/mol. The van der Waals surface area contributed by atoms with Crippen molar-refractivity contribution in [1.29, 1.82) is 0 Å². The summed E-state index contributed by atoms with van der Waals surface area (Å²) in [6.07, 6.45) is 1.95. The molecule has 0 aliphatic carbocycles. The number of amides is 5. The molecule has 4 rings (SSSR count). The Kier molecular flexibility index (Phi) is 5.22. The minimum absolute atomic E-state index is 0.171. The summed E-state index contributed by atoms with van der Waals surface area (Å²) in [5.74, 6) is -1.33. The number of para-hydroxylation sites is 2. The zero-order valence-electron chi connectivity index (χ0n) is 17.5. The average Bonchev–Trinajstić information content (AvgIpc) is 2.97. The molecular formula is C23H24N4O4. The van der Waals surface area contributed by atoms with E-state index in [9.17, 15) is 19.2 Å². The Balaban J connectivity index is 1.54. The van der Waals surface area contributed by atoms with Crippen LogP contribution in [-0.4, -0.2) is 41.7 Å². The fourth-order valence-electron chi connectivity index (χ4n) is 4.01. The molecule has 160 valence electrons. The Bertz CT molecular complexity index is 1070. The van der Waals surface area contributed by atoms with Crippen molar-refractivity contribution in [1.82, 2.24) is 10.2 Å². The van der Waals surface area contributed by atoms with Crippen LogP contribution in [0.3, 0.4) is 0 Å². The van der Waals surface area contributed by atoms with Crippen LogP contribution in [0.2, 0.25) is 0 Å². The summed E-state index contributed by atoms with van der Waals surface area (Å²) in [4.78, 5) is 53.0. The predicted molar refractivity (Wildman–Crippen MR) is 115 cm³/mol. The number of nitrogens with one attached hydrogen (secondary N) is 2. The van der Waals surface area contributed by atoms with Crippen molar-refractivity contribution in [2.75, 3.05) is 23.3 Å². The van der Waals surface area contributed by atoms with Crippen LogP contribution < -0.4 is 15.5 Å². The van der Waals surface area contributed by atoms with Gasteiger partial charge in [0, 0.05) is 0 Å². The second-order valence-corrected chi connectivity index (χ2v) is 7.94. The molecule has 8 nitrogen and oxygen atoms in total. The fourth-order valence-corrected chi connectivity index (χ4v) is 4.01. The van der Waals surface area contributed by atoms with Crippen LogP contribution >= 0.6 is 0 Å². The van der Waals surface area contributed by atoms with Gasteiger partial charge in [0.25, 0.3) is 5.91 Å². The standard InChI is InChI=1S/C23H24N4O4/c1-3-6-15-9-11-16(12-10-15)23(2)21(30)27(22(31)25-23)14-20(29)26-13-19(28)24-17-7-4-5-8-18(17)26/h4-5,7-12H,3,6,13-14H2,1-2H3,(H,24,28)(H,25,31)/t23-/m1/s1. The quantitative estimate of drug-likeness (QED) is 0.726. The molecule has 0 unspecified atom stereocenters. The summed E-state index contributed by atoms with van der Waals surface area (Å²) in [6, 6.07) is 13.8. The Morgan fingerprint density at radius 2 is 1.77 bits per heavy atom. The van der Waals surface area contributed by atoms with Crippen LogP contribution in [-0.2, 0) is 26.3 Å². The average molecular weight is 420 g/mol. The highest BCUT2D eigenvalue weighted by Gasteiger charge is 2.50. The molecule has 0 saturated carbocycles. The number of rotatable bonds is 5. The highest BCUT2D eigenvalue weighted by Crippen LogP contribution is 2.31. The van der Waals surface area contributed by atoms with Crippen LogP contribution in [0.25, 0.3) is 0 Å². The lowest BCUT2D eigenvalue weighted by Crippen LogP contribution is -2.48. The Morgan fingerprint density at radius 3 is 2.48 bits per heavy atom. The molecule has 1 fully saturated rings. The number of carbonyl (C=O) groups excluding carboxylic acids is 4. The molecule has 2 aliphatic rings. The number of imide groups is 1. The van der Waals surface area contributed by atoms with Gasteiger partial charge in [0.2, 0.25) is 11.8 Å². The maximum absolute atomic E-state index is 13.2. The largest absolute Gasteiger partial charge is 0.325 e. The SMILES string of the molecule is CCCc1ccc([C@@]2(C)NC(=O)N(CC(=O)N3CC(=O)Nc4ccccc43)C2=O)cc1. The van der Waals surface area contributed by atoms with Gasteiger partial charge >= 0.3 is 6.03 Å². The molecule has 31 heavy (non-hydrogen) atoms. The third-order valence-corrected chi connectivity index (χ3v) is 5.71. The van der Waals surface area contributed by atoms with E-state index in [1.54, 1.807) is 31.2 Å². The summed E-state index contributed by atoms with van der Waals surface area (Å²) < 4.78 is 0. The molecule has 0 radical (unpaired) electrons. The van der Waals surface area contributed by atoms with Crippen molar-refractivity contribution in [3.63, 3.8) is 0 Å². The Labute approximate surface area is 180 Å². The van der Waals surface area contributed by atoms with E-state index in [2.05, 4.69) is 17.6 Å². The number of hydrogen-bond donors (Lipinski definition) is 2. The first-order valence-corrected chi connectivity index (χ1v) is 10.3. The van der Waals surface area contributed by atoms with Crippen LogP contribution in [0.1, 0.15) is 31.4 Å². The molecule has 0 aromatic heterocycles. The summed E-state index contributed by atoms with van der Waals surface area (Å²) in [7, 11) is 0. The number of hydrogen-bond acceptors (Lipinski definition) is 4. The Morgan fingerprint density at radius 1 is 1.06 bits per heavy atom. The smallest absolute Gasteiger partial charge is 0.323 e. The van der Waals surface area contributed by atoms with Gasteiger partial charge in [-0.3, -0.25) is 24.2 Å². The molecule has 2 N–H and O–H groups in total. The second-order valence-electron chi connectivity index (χ2n) is 7.94. The normalized spacial score (nSPS) is 20.4. The first-order valence-electron chi connectivity index (χ1n) is 10.3. The van der Waals surface area contributed by atoms with Gasteiger partial charge in [-0.2, -0.15) is 0 Å². The maximum Gasteiger partial charge on any atom is 0.325 e. The summed E-state index contributed by atoms with van der Waals surface area (Å²) in [5.41, 5.74) is 1.61. The van der Waals surface area contributed by atoms with E-state index in [-0.39, 0.29) is 12.5 Å². The molecule has 0 spiro atoms. The molecule has 2 aromatic rings. The van der Waals surface area contributed by atoms with Gasteiger partial charge in [0.1, 0.15) is 18.6 Å². The van der Waals surface area contributed by atoms with Gasteiger partial charge in [-0.15, -0.1) is 0 Å².